The highest BCUT2D eigenvalue weighted by Gasteiger charge is 2.61. The Morgan fingerprint density at radius 2 is 1.72 bits per heavy atom. The molecule has 0 saturated heterocycles. The van der Waals surface area contributed by atoms with Gasteiger partial charge < -0.3 is 9.64 Å². The van der Waals surface area contributed by atoms with E-state index in [1.807, 2.05) is 40.0 Å². The van der Waals surface area contributed by atoms with E-state index in [1.54, 1.807) is 11.0 Å². The number of nitrogens with one attached hydrogen (secondary N) is 1. The van der Waals surface area contributed by atoms with Gasteiger partial charge in [-0.2, -0.15) is 22.0 Å². The molecule has 0 amide bonds. The van der Waals surface area contributed by atoms with Crippen molar-refractivity contribution in [2.45, 2.75) is 42.8 Å². The summed E-state index contributed by atoms with van der Waals surface area (Å²) in [6.45, 7) is 6.34. The van der Waals surface area contributed by atoms with Gasteiger partial charge in [-0.15, -0.1) is 0 Å². The maximum absolute atomic E-state index is 13.1. The minimum absolute atomic E-state index is 0.384. The highest BCUT2D eigenvalue weighted by molar-refractivity contribution is 7.99. The summed E-state index contributed by atoms with van der Waals surface area (Å²) in [6.07, 6.45) is -11.1. The molecule has 0 radical (unpaired) electrons. The van der Waals surface area contributed by atoms with Gasteiger partial charge in [0.1, 0.15) is 11.6 Å². The van der Waals surface area contributed by atoms with Gasteiger partial charge in [-0.05, 0) is 62.2 Å². The Kier molecular flexibility index (Phi) is 6.82. The number of alkyl halides is 5. The van der Waals surface area contributed by atoms with Crippen LogP contribution in [0.4, 0.5) is 22.0 Å². The quantitative estimate of drug-likeness (QED) is 0.332. The second-order valence-corrected chi connectivity index (χ2v) is 7.60. The molecule has 158 valence electrons. The molecule has 2 rings (SSSR count). The number of rotatable bonds is 6. The van der Waals surface area contributed by atoms with Crippen molar-refractivity contribution in [1.82, 2.24) is 4.90 Å². The second kappa shape index (κ2) is 8.61. The molecular formula is C20H21F5N2OS. The molecule has 1 N–H and O–H groups in total. The van der Waals surface area contributed by atoms with Crippen molar-refractivity contribution >= 4 is 17.6 Å². The van der Waals surface area contributed by atoms with Gasteiger partial charge in [-0.1, -0.05) is 17.8 Å². The largest absolute Gasteiger partial charge is 0.499 e. The van der Waals surface area contributed by atoms with Crippen molar-refractivity contribution in [3.8, 4) is 5.75 Å². The molecule has 0 bridgehead atoms. The number of hydrogen-bond acceptors (Lipinski definition) is 3. The lowest BCUT2D eigenvalue weighted by atomic mass is 10.0. The lowest BCUT2D eigenvalue weighted by Crippen LogP contribution is -2.41. The molecule has 3 nitrogen and oxygen atoms in total. The fourth-order valence-corrected chi connectivity index (χ4v) is 3.48. The van der Waals surface area contributed by atoms with Crippen LogP contribution in [-0.2, 0) is 0 Å². The monoisotopic (exact) mass is 432 g/mol. The first-order valence-electron chi connectivity index (χ1n) is 8.68. The summed E-state index contributed by atoms with van der Waals surface area (Å²) in [4.78, 5) is 3.06. The topological polar surface area (TPSA) is 36.3 Å². The highest BCUT2D eigenvalue weighted by atomic mass is 32.2. The molecule has 0 aliphatic heterocycles. The molecule has 29 heavy (non-hydrogen) atoms. The van der Waals surface area contributed by atoms with Crippen LogP contribution in [-0.4, -0.2) is 36.6 Å². The smallest absolute Gasteiger partial charge is 0.426 e. The summed E-state index contributed by atoms with van der Waals surface area (Å²) >= 11 is 1.22. The summed E-state index contributed by atoms with van der Waals surface area (Å²) < 4.78 is 67.2. The first-order chi connectivity index (χ1) is 13.4. The van der Waals surface area contributed by atoms with Crippen LogP contribution in [0, 0.1) is 19.3 Å². The van der Waals surface area contributed by atoms with Gasteiger partial charge in [0.15, 0.2) is 0 Å². The Labute approximate surface area is 170 Å². The van der Waals surface area contributed by atoms with Crippen LogP contribution in [0.1, 0.15) is 23.6 Å². The summed E-state index contributed by atoms with van der Waals surface area (Å²) in [7, 11) is 1.82. The molecule has 9 heteroatoms. The summed E-state index contributed by atoms with van der Waals surface area (Å²) in [5, 5.41) is 8.27. The Morgan fingerprint density at radius 3 is 2.31 bits per heavy atom. The number of nitrogens with zero attached hydrogens (tertiary/aromatic N) is 1. The molecule has 2 aromatic carbocycles. The number of amidine groups is 1. The minimum Gasteiger partial charge on any atom is -0.426 e. The predicted molar refractivity (Wildman–Crippen MR) is 103 cm³/mol. The number of ether oxygens (including phenoxy) is 1. The van der Waals surface area contributed by atoms with Crippen molar-refractivity contribution in [2.75, 3.05) is 13.6 Å². The molecule has 0 atom stereocenters. The molecule has 2 aromatic rings. The molecule has 0 unspecified atom stereocenters. The van der Waals surface area contributed by atoms with Crippen molar-refractivity contribution < 1.29 is 26.7 Å². The maximum atomic E-state index is 13.1. The molecule has 0 spiro atoms. The number of aryl methyl sites for hydroxylation is 2. The molecule has 0 saturated carbocycles. The van der Waals surface area contributed by atoms with Gasteiger partial charge >= 0.3 is 12.3 Å². The Morgan fingerprint density at radius 1 is 1.07 bits per heavy atom. The van der Waals surface area contributed by atoms with Gasteiger partial charge in [0.25, 0.3) is 0 Å². The lowest BCUT2D eigenvalue weighted by Gasteiger charge is -2.21. The average Bonchev–Trinajstić information content (AvgIpc) is 2.62. The van der Waals surface area contributed by atoms with Crippen molar-refractivity contribution in [3.05, 3.63) is 53.1 Å². The molecular weight excluding hydrogens is 411 g/mol. The van der Waals surface area contributed by atoms with Crippen LogP contribution in [0.2, 0.25) is 0 Å². The lowest BCUT2D eigenvalue weighted by molar-refractivity contribution is -0.360. The number of benzene rings is 2. The first kappa shape index (κ1) is 23.0. The maximum Gasteiger partial charge on any atom is 0.499 e. The van der Waals surface area contributed by atoms with E-state index in [9.17, 15) is 22.0 Å². The predicted octanol–water partition coefficient (Wildman–Crippen LogP) is 6.27. The Hall–Kier alpha value is -2.29. The van der Waals surface area contributed by atoms with E-state index >= 15 is 0 Å². The zero-order chi connectivity index (χ0) is 22.0. The van der Waals surface area contributed by atoms with E-state index in [1.165, 1.54) is 17.8 Å². The second-order valence-electron chi connectivity index (χ2n) is 6.49. The third-order valence-electron chi connectivity index (χ3n) is 4.24. The van der Waals surface area contributed by atoms with Crippen LogP contribution >= 0.6 is 11.8 Å². The standard InChI is InChI=1S/C20H21F5N2OS/c1-5-27(4)18(26)16-9-13(3)17(10-12(16)2)29-15-8-6-7-14(11-15)28-20(24,25)19(21,22)23/h6-11,26H,5H2,1-4H3. The van der Waals surface area contributed by atoms with Crippen LogP contribution in [0.25, 0.3) is 0 Å². The van der Waals surface area contributed by atoms with Crippen LogP contribution in [0.3, 0.4) is 0 Å². The Bertz CT molecular complexity index is 899. The third kappa shape index (κ3) is 5.41. The van der Waals surface area contributed by atoms with Gasteiger partial charge in [0.05, 0.1) is 0 Å². The third-order valence-corrected chi connectivity index (χ3v) is 5.39. The average molecular weight is 432 g/mol. The normalized spacial score (nSPS) is 12.0. The van der Waals surface area contributed by atoms with Crippen molar-refractivity contribution in [3.63, 3.8) is 0 Å². The van der Waals surface area contributed by atoms with E-state index in [-0.39, 0.29) is 0 Å². The summed E-state index contributed by atoms with van der Waals surface area (Å²) in [5.41, 5.74) is 2.49. The fraction of sp³-hybridized carbons (Fsp3) is 0.350. The fourth-order valence-electron chi connectivity index (χ4n) is 2.45. The molecule has 0 fully saturated rings. The van der Waals surface area contributed by atoms with E-state index < -0.39 is 18.0 Å². The van der Waals surface area contributed by atoms with E-state index in [2.05, 4.69) is 4.74 Å². The molecule has 0 heterocycles. The highest BCUT2D eigenvalue weighted by Crippen LogP contribution is 2.39. The first-order valence-corrected chi connectivity index (χ1v) is 9.50. The van der Waals surface area contributed by atoms with Crippen LogP contribution < -0.4 is 4.74 Å². The van der Waals surface area contributed by atoms with Crippen LogP contribution in [0.15, 0.2) is 46.2 Å². The Balaban J connectivity index is 2.27. The zero-order valence-corrected chi connectivity index (χ0v) is 17.1. The zero-order valence-electron chi connectivity index (χ0n) is 16.3. The van der Waals surface area contributed by atoms with E-state index in [0.717, 1.165) is 33.7 Å². The SMILES string of the molecule is CCN(C)C(=N)c1cc(C)c(Sc2cccc(OC(F)(F)C(F)(F)F)c2)cc1C. The van der Waals surface area contributed by atoms with Gasteiger partial charge in [0, 0.05) is 28.9 Å². The van der Waals surface area contributed by atoms with Gasteiger partial charge in [-0.25, -0.2) is 0 Å². The van der Waals surface area contributed by atoms with Gasteiger partial charge in [0.2, 0.25) is 0 Å². The summed E-state index contributed by atoms with van der Waals surface area (Å²) in [6, 6.07) is 8.87. The van der Waals surface area contributed by atoms with Crippen molar-refractivity contribution in [1.29, 1.82) is 5.41 Å². The minimum atomic E-state index is -5.80. The summed E-state index contributed by atoms with van der Waals surface area (Å²) in [5.74, 6) is -0.191. The molecule has 0 aromatic heterocycles. The van der Waals surface area contributed by atoms with Crippen molar-refractivity contribution in [2.24, 2.45) is 0 Å². The van der Waals surface area contributed by atoms with E-state index in [0.29, 0.717) is 17.3 Å². The van der Waals surface area contributed by atoms with Gasteiger partial charge in [-0.3, -0.25) is 5.41 Å². The molecule has 0 aliphatic rings. The number of halogens is 5. The molecule has 0 aliphatic carbocycles. The van der Waals surface area contributed by atoms with Crippen LogP contribution in [0.5, 0.6) is 5.75 Å². The van der Waals surface area contributed by atoms with E-state index in [4.69, 9.17) is 5.41 Å². The number of hydrogen-bond donors (Lipinski definition) is 1.